The Morgan fingerprint density at radius 1 is 0.783 bits per heavy atom. The highest BCUT2D eigenvalue weighted by Gasteiger charge is 2.45. The minimum absolute atomic E-state index is 0.000295. The van der Waals surface area contributed by atoms with Crippen molar-refractivity contribution in [2.45, 2.75) is 138 Å². The topological polar surface area (TPSA) is 166 Å². The molecule has 10 heteroatoms. The Hall–Kier alpha value is -1.63. The molecular weight excluding hydrogens is 592 g/mol. The summed E-state index contributed by atoms with van der Waals surface area (Å²) in [7, 11) is 1.31. The zero-order chi connectivity index (χ0) is 35.5. The first-order chi connectivity index (χ1) is 21.4. The van der Waals surface area contributed by atoms with Crippen molar-refractivity contribution in [2.24, 2.45) is 35.5 Å². The largest absolute Gasteiger partial charge is 0.466 e. The first-order valence-electron chi connectivity index (χ1n) is 16.8. The highest BCUT2D eigenvalue weighted by molar-refractivity contribution is 5.87. The van der Waals surface area contributed by atoms with E-state index in [2.05, 4.69) is 27.7 Å². The lowest BCUT2D eigenvalue weighted by molar-refractivity contribution is -0.317. The molecule has 1 saturated heterocycles. The van der Waals surface area contributed by atoms with Crippen molar-refractivity contribution in [2.75, 3.05) is 13.7 Å². The number of aliphatic hydroxyl groups is 6. The number of ether oxygens (including phenoxy) is 3. The number of aliphatic hydroxyl groups excluding tert-OH is 6. The minimum Gasteiger partial charge on any atom is -0.466 e. The van der Waals surface area contributed by atoms with Crippen LogP contribution in [-0.2, 0) is 19.0 Å². The number of esters is 1. The molecule has 1 fully saturated rings. The van der Waals surface area contributed by atoms with E-state index in [1.807, 2.05) is 39.8 Å². The normalized spacial score (nSPS) is 29.2. The minimum atomic E-state index is -1.54. The van der Waals surface area contributed by atoms with Crippen molar-refractivity contribution in [3.63, 3.8) is 0 Å². The lowest BCUT2D eigenvalue weighted by atomic mass is 9.82. The molecule has 6 N–H and O–H groups in total. The molecular formula is C36H64O10. The highest BCUT2D eigenvalue weighted by atomic mass is 16.7. The van der Waals surface area contributed by atoms with E-state index in [1.54, 1.807) is 19.9 Å². The van der Waals surface area contributed by atoms with Crippen molar-refractivity contribution < 1.29 is 49.6 Å². The van der Waals surface area contributed by atoms with Crippen molar-refractivity contribution in [1.29, 1.82) is 0 Å². The number of carbonyl (C=O) groups is 1. The van der Waals surface area contributed by atoms with Crippen LogP contribution in [0.1, 0.15) is 88.5 Å². The van der Waals surface area contributed by atoms with Gasteiger partial charge in [0, 0.05) is 23.3 Å². The Kier molecular flexibility index (Phi) is 18.4. The summed E-state index contributed by atoms with van der Waals surface area (Å²) in [6.45, 7) is 19.1. The molecule has 0 aromatic heterocycles. The van der Waals surface area contributed by atoms with Gasteiger partial charge in [0.2, 0.25) is 0 Å². The van der Waals surface area contributed by atoms with E-state index in [1.165, 1.54) is 7.11 Å². The molecule has 0 spiro atoms. The smallest absolute Gasteiger partial charge is 0.333 e. The first-order valence-corrected chi connectivity index (χ1v) is 16.8. The van der Waals surface area contributed by atoms with Crippen molar-refractivity contribution in [3.8, 4) is 0 Å². The van der Waals surface area contributed by atoms with Gasteiger partial charge in [-0.1, -0.05) is 73.1 Å². The highest BCUT2D eigenvalue weighted by Crippen LogP contribution is 2.33. The zero-order valence-electron chi connectivity index (χ0n) is 30.0. The maximum absolute atomic E-state index is 11.8. The number of carbonyl (C=O) groups excluding carboxylic acids is 1. The molecule has 0 saturated carbocycles. The molecule has 14 atom stereocenters. The molecule has 1 aliphatic heterocycles. The van der Waals surface area contributed by atoms with E-state index in [0.717, 1.165) is 19.3 Å². The van der Waals surface area contributed by atoms with Crippen LogP contribution in [0.25, 0.3) is 0 Å². The van der Waals surface area contributed by atoms with Crippen LogP contribution in [0.15, 0.2) is 34.9 Å². The molecule has 0 bridgehead atoms. The average molecular weight is 657 g/mol. The van der Waals surface area contributed by atoms with Gasteiger partial charge in [-0.05, 0) is 62.5 Å². The Balaban J connectivity index is 3.23. The Bertz CT molecular complexity index is 1010. The quantitative estimate of drug-likeness (QED) is 0.0724. The standard InChI is InChI=1S/C36H64O10/c1-12-19(2)13-20(3)14-25(8)34(46-36-33(42)32(41)31(40)28(18-37)45-36)26(9)16-23(6)29(38)21(4)15-22(5)30(39)24(7)17-27(10)35(43)44-11/h15-17,19-21,24-26,28-34,36-42H,12-14,18H2,1-11H3/b22-15+,23-16+,27-17+/t19?,20?,21?,24?,25?,26?,28-,29?,30?,31-,32+,33+,34?,36+/m1/s1. The molecule has 0 aromatic carbocycles. The molecule has 0 aliphatic carbocycles. The fourth-order valence-electron chi connectivity index (χ4n) is 6.59. The summed E-state index contributed by atoms with van der Waals surface area (Å²) in [6.07, 6.45) is -0.652. The van der Waals surface area contributed by atoms with E-state index < -0.39 is 61.6 Å². The third-order valence-corrected chi connectivity index (χ3v) is 9.50. The van der Waals surface area contributed by atoms with Gasteiger partial charge in [0.05, 0.1) is 32.0 Å². The lowest BCUT2D eigenvalue weighted by Gasteiger charge is -2.42. The Morgan fingerprint density at radius 2 is 1.30 bits per heavy atom. The predicted octanol–water partition coefficient (Wildman–Crippen LogP) is 3.91. The van der Waals surface area contributed by atoms with Gasteiger partial charge in [0.15, 0.2) is 6.29 Å². The second-order valence-electron chi connectivity index (χ2n) is 14.0. The van der Waals surface area contributed by atoms with Crippen LogP contribution in [-0.4, -0.2) is 99.3 Å². The van der Waals surface area contributed by atoms with Crippen molar-refractivity contribution in [3.05, 3.63) is 34.9 Å². The second-order valence-corrected chi connectivity index (χ2v) is 14.0. The molecule has 0 radical (unpaired) electrons. The van der Waals surface area contributed by atoms with Gasteiger partial charge >= 0.3 is 5.97 Å². The molecule has 10 nitrogen and oxygen atoms in total. The van der Waals surface area contributed by atoms with Crippen molar-refractivity contribution >= 4 is 5.97 Å². The number of rotatable bonds is 18. The average Bonchev–Trinajstić information content (AvgIpc) is 3.01. The van der Waals surface area contributed by atoms with Crippen LogP contribution in [0.4, 0.5) is 0 Å². The summed E-state index contributed by atoms with van der Waals surface area (Å²) in [5.74, 6) is -0.402. The molecule has 0 amide bonds. The summed E-state index contributed by atoms with van der Waals surface area (Å²) in [5, 5.41) is 63.2. The van der Waals surface area contributed by atoms with E-state index in [9.17, 15) is 35.4 Å². The fourth-order valence-corrected chi connectivity index (χ4v) is 6.59. The van der Waals surface area contributed by atoms with Gasteiger partial charge in [-0.3, -0.25) is 0 Å². The number of hydrogen-bond acceptors (Lipinski definition) is 10. The van der Waals surface area contributed by atoms with Crippen LogP contribution in [0.2, 0.25) is 0 Å². The zero-order valence-corrected chi connectivity index (χ0v) is 30.0. The molecule has 1 heterocycles. The molecule has 268 valence electrons. The van der Waals surface area contributed by atoms with E-state index in [-0.39, 0.29) is 23.7 Å². The monoisotopic (exact) mass is 656 g/mol. The summed E-state index contributed by atoms with van der Waals surface area (Å²) < 4.78 is 16.8. The Labute approximate surface area is 277 Å². The number of hydrogen-bond donors (Lipinski definition) is 6. The third-order valence-electron chi connectivity index (χ3n) is 9.50. The van der Waals surface area contributed by atoms with Crippen LogP contribution >= 0.6 is 0 Å². The summed E-state index contributed by atoms with van der Waals surface area (Å²) in [5.41, 5.74) is 1.78. The van der Waals surface area contributed by atoms with Crippen LogP contribution in [0, 0.1) is 35.5 Å². The van der Waals surface area contributed by atoms with Gasteiger partial charge < -0.3 is 44.8 Å². The molecule has 1 rings (SSSR count). The van der Waals surface area contributed by atoms with Gasteiger partial charge in [-0.25, -0.2) is 4.79 Å². The summed E-state index contributed by atoms with van der Waals surface area (Å²) in [6, 6.07) is 0. The fraction of sp³-hybridized carbons (Fsp3) is 0.806. The van der Waals surface area contributed by atoms with E-state index >= 15 is 0 Å². The molecule has 46 heavy (non-hydrogen) atoms. The van der Waals surface area contributed by atoms with Gasteiger partial charge in [-0.15, -0.1) is 0 Å². The SMILES string of the molecule is CCC(C)CC(C)CC(C)C(O[C@@H]1O[C@H](CO)[C@@H](O)[C@H](O)[C@@H]1O)C(C)/C=C(\C)C(O)C(C)/C=C(\C)C(O)C(C)/C=C(\C)C(=O)OC. The molecule has 1 aliphatic rings. The van der Waals surface area contributed by atoms with Gasteiger partial charge in [0.25, 0.3) is 0 Å². The molecule has 9 unspecified atom stereocenters. The third kappa shape index (κ3) is 12.4. The lowest BCUT2D eigenvalue weighted by Crippen LogP contribution is -2.60. The maximum Gasteiger partial charge on any atom is 0.333 e. The predicted molar refractivity (Wildman–Crippen MR) is 178 cm³/mol. The number of methoxy groups -OCH3 is 1. The van der Waals surface area contributed by atoms with Crippen molar-refractivity contribution in [1.82, 2.24) is 0 Å². The summed E-state index contributed by atoms with van der Waals surface area (Å²) >= 11 is 0. The Morgan fingerprint density at radius 3 is 1.80 bits per heavy atom. The van der Waals surface area contributed by atoms with Crippen LogP contribution in [0.3, 0.4) is 0 Å². The summed E-state index contributed by atoms with van der Waals surface area (Å²) in [4.78, 5) is 11.8. The van der Waals surface area contributed by atoms with Gasteiger partial charge in [0.1, 0.15) is 24.4 Å². The van der Waals surface area contributed by atoms with E-state index in [4.69, 9.17) is 14.2 Å². The van der Waals surface area contributed by atoms with E-state index in [0.29, 0.717) is 28.6 Å². The second kappa shape index (κ2) is 20.0. The van der Waals surface area contributed by atoms with Gasteiger partial charge in [-0.2, -0.15) is 0 Å². The van der Waals surface area contributed by atoms with Crippen LogP contribution < -0.4 is 0 Å². The maximum atomic E-state index is 11.8. The van der Waals surface area contributed by atoms with Crippen LogP contribution in [0.5, 0.6) is 0 Å². The molecule has 0 aromatic rings. The first kappa shape index (κ1) is 42.4.